The minimum absolute atomic E-state index is 0.0278. The highest BCUT2D eigenvalue weighted by atomic mass is 16.6. The van der Waals surface area contributed by atoms with Crippen LogP contribution in [-0.4, -0.2) is 47.8 Å². The molecule has 3 rings (SSSR count). The zero-order chi connectivity index (χ0) is 20.8. The zero-order valence-corrected chi connectivity index (χ0v) is 17.1. The maximum absolute atomic E-state index is 12.6. The summed E-state index contributed by atoms with van der Waals surface area (Å²) in [6.07, 6.45) is 1.11. The maximum Gasteiger partial charge on any atom is 0.409 e. The molecule has 0 saturated carbocycles. The third kappa shape index (κ3) is 5.28. The molecule has 0 atom stereocenters. The number of piperidine rings is 1. The number of aryl methyl sites for hydroxylation is 2. The van der Waals surface area contributed by atoms with Gasteiger partial charge in [-0.3, -0.25) is 4.79 Å². The lowest BCUT2D eigenvalue weighted by molar-refractivity contribution is 0.0859. The lowest BCUT2D eigenvalue weighted by atomic mass is 10.0. The predicted octanol–water partition coefficient (Wildman–Crippen LogP) is 3.22. The second-order valence-corrected chi connectivity index (χ2v) is 7.05. The zero-order valence-electron chi connectivity index (χ0n) is 17.1. The second kappa shape index (κ2) is 9.45. The van der Waals surface area contributed by atoms with Gasteiger partial charge in [0.15, 0.2) is 0 Å². The molecule has 1 aliphatic rings. The van der Waals surface area contributed by atoms with E-state index in [0.29, 0.717) is 50.5 Å². The Morgan fingerprint density at radius 3 is 2.69 bits per heavy atom. The Morgan fingerprint density at radius 2 is 2.03 bits per heavy atom. The normalized spacial score (nSPS) is 14.5. The highest BCUT2D eigenvalue weighted by Gasteiger charge is 2.25. The number of aromatic nitrogens is 1. The van der Waals surface area contributed by atoms with Gasteiger partial charge in [0.2, 0.25) is 0 Å². The second-order valence-electron chi connectivity index (χ2n) is 7.05. The van der Waals surface area contributed by atoms with Crippen LogP contribution in [0.2, 0.25) is 0 Å². The van der Waals surface area contributed by atoms with Crippen molar-refractivity contribution in [2.75, 3.05) is 19.7 Å². The van der Waals surface area contributed by atoms with Crippen molar-refractivity contribution in [2.45, 2.75) is 46.3 Å². The molecule has 156 valence electrons. The van der Waals surface area contributed by atoms with Crippen molar-refractivity contribution >= 4 is 12.0 Å². The highest BCUT2D eigenvalue weighted by molar-refractivity contribution is 5.94. The third-order valence-corrected chi connectivity index (χ3v) is 5.02. The number of ether oxygens (including phenoxy) is 2. The van der Waals surface area contributed by atoms with E-state index in [9.17, 15) is 9.59 Å². The smallest absolute Gasteiger partial charge is 0.409 e. The van der Waals surface area contributed by atoms with Crippen molar-refractivity contribution < 1.29 is 23.6 Å². The lowest BCUT2D eigenvalue weighted by Gasteiger charge is -2.31. The van der Waals surface area contributed by atoms with Gasteiger partial charge in [-0.15, -0.1) is 0 Å². The first-order chi connectivity index (χ1) is 14.0. The topological polar surface area (TPSA) is 93.9 Å². The number of nitrogens with one attached hydrogen (secondary N) is 1. The standard InChI is InChI=1S/C21H27N3O5/c1-4-27-21(26)24-10-8-17(9-11-24)22-20(25)16-6-5-7-18(12-16)28-13-19-14(2)23-29-15(19)3/h5-7,12,17H,4,8-11,13H2,1-3H3,(H,22,25). The first-order valence-corrected chi connectivity index (χ1v) is 9.85. The molecular weight excluding hydrogens is 374 g/mol. The molecule has 1 fully saturated rings. The Hall–Kier alpha value is -3.03. The molecule has 0 radical (unpaired) electrons. The molecule has 1 aliphatic heterocycles. The van der Waals surface area contributed by atoms with Crippen LogP contribution < -0.4 is 10.1 Å². The first-order valence-electron chi connectivity index (χ1n) is 9.85. The van der Waals surface area contributed by atoms with Crippen molar-refractivity contribution in [3.05, 3.63) is 46.8 Å². The van der Waals surface area contributed by atoms with Gasteiger partial charge in [0.25, 0.3) is 5.91 Å². The van der Waals surface area contributed by atoms with Gasteiger partial charge in [0.1, 0.15) is 18.1 Å². The number of carbonyl (C=O) groups is 2. The minimum atomic E-state index is -0.291. The Kier molecular flexibility index (Phi) is 6.74. The number of hydrogen-bond acceptors (Lipinski definition) is 6. The van der Waals surface area contributed by atoms with Crippen LogP contribution in [0.4, 0.5) is 4.79 Å². The fourth-order valence-corrected chi connectivity index (χ4v) is 3.28. The Labute approximate surface area is 170 Å². The summed E-state index contributed by atoms with van der Waals surface area (Å²) in [5.74, 6) is 1.18. The number of amides is 2. The molecule has 2 aromatic rings. The van der Waals surface area contributed by atoms with Gasteiger partial charge in [0, 0.05) is 24.7 Å². The van der Waals surface area contributed by atoms with E-state index in [1.54, 1.807) is 30.0 Å². The molecule has 29 heavy (non-hydrogen) atoms. The number of nitrogens with zero attached hydrogens (tertiary/aromatic N) is 2. The average molecular weight is 401 g/mol. The van der Waals surface area contributed by atoms with E-state index < -0.39 is 0 Å². The van der Waals surface area contributed by atoms with E-state index in [4.69, 9.17) is 14.0 Å². The first kappa shape index (κ1) is 20.7. The molecule has 8 heteroatoms. The fraction of sp³-hybridized carbons (Fsp3) is 0.476. The Bertz CT molecular complexity index is 836. The number of likely N-dealkylation sites (tertiary alicyclic amines) is 1. The molecule has 0 spiro atoms. The van der Waals surface area contributed by atoms with E-state index in [0.717, 1.165) is 17.0 Å². The summed E-state index contributed by atoms with van der Waals surface area (Å²) in [4.78, 5) is 26.1. The number of carbonyl (C=O) groups excluding carboxylic acids is 2. The van der Waals surface area contributed by atoms with Gasteiger partial charge in [-0.25, -0.2) is 4.79 Å². The molecule has 2 heterocycles. The van der Waals surface area contributed by atoms with E-state index in [1.807, 2.05) is 19.9 Å². The van der Waals surface area contributed by atoms with Crippen LogP contribution in [0, 0.1) is 13.8 Å². The maximum atomic E-state index is 12.6. The summed E-state index contributed by atoms with van der Waals surface area (Å²) in [5, 5.41) is 6.96. The SMILES string of the molecule is CCOC(=O)N1CCC(NC(=O)c2cccc(OCc3c(C)noc3C)c2)CC1. The summed E-state index contributed by atoms with van der Waals surface area (Å²) in [5.41, 5.74) is 2.24. The van der Waals surface area contributed by atoms with Crippen molar-refractivity contribution in [2.24, 2.45) is 0 Å². The highest BCUT2D eigenvalue weighted by Crippen LogP contribution is 2.19. The molecule has 0 unspecified atom stereocenters. The average Bonchev–Trinajstić information content (AvgIpc) is 3.05. The summed E-state index contributed by atoms with van der Waals surface area (Å²) < 4.78 is 16.0. The monoisotopic (exact) mass is 401 g/mol. The van der Waals surface area contributed by atoms with Crippen molar-refractivity contribution in [1.29, 1.82) is 0 Å². The molecule has 8 nitrogen and oxygen atoms in total. The van der Waals surface area contributed by atoms with Gasteiger partial charge < -0.3 is 24.2 Å². The lowest BCUT2D eigenvalue weighted by Crippen LogP contribution is -2.46. The number of hydrogen-bond donors (Lipinski definition) is 1. The van der Waals surface area contributed by atoms with E-state index >= 15 is 0 Å². The number of rotatable bonds is 6. The van der Waals surface area contributed by atoms with Gasteiger partial charge in [-0.1, -0.05) is 11.2 Å². The van der Waals surface area contributed by atoms with Crippen LogP contribution in [0.25, 0.3) is 0 Å². The van der Waals surface area contributed by atoms with Gasteiger partial charge in [-0.05, 0) is 51.8 Å². The van der Waals surface area contributed by atoms with Crippen molar-refractivity contribution in [1.82, 2.24) is 15.4 Å². The Morgan fingerprint density at radius 1 is 1.28 bits per heavy atom. The molecule has 1 aromatic heterocycles. The van der Waals surface area contributed by atoms with Crippen molar-refractivity contribution in [3.63, 3.8) is 0 Å². The van der Waals surface area contributed by atoms with Crippen LogP contribution in [-0.2, 0) is 11.3 Å². The quantitative estimate of drug-likeness (QED) is 0.799. The minimum Gasteiger partial charge on any atom is -0.489 e. The fourth-order valence-electron chi connectivity index (χ4n) is 3.28. The van der Waals surface area contributed by atoms with Crippen LogP contribution in [0.15, 0.2) is 28.8 Å². The molecule has 1 saturated heterocycles. The third-order valence-electron chi connectivity index (χ3n) is 5.02. The molecular formula is C21H27N3O5. The van der Waals surface area contributed by atoms with E-state index in [2.05, 4.69) is 10.5 Å². The van der Waals surface area contributed by atoms with Gasteiger partial charge in [0.05, 0.1) is 17.9 Å². The summed E-state index contributed by atoms with van der Waals surface area (Å²) in [6, 6.07) is 7.11. The molecule has 1 aromatic carbocycles. The van der Waals surface area contributed by atoms with Crippen LogP contribution in [0.3, 0.4) is 0 Å². The van der Waals surface area contributed by atoms with Gasteiger partial charge >= 0.3 is 6.09 Å². The van der Waals surface area contributed by atoms with Crippen molar-refractivity contribution in [3.8, 4) is 5.75 Å². The number of benzene rings is 1. The molecule has 0 bridgehead atoms. The van der Waals surface area contributed by atoms with Gasteiger partial charge in [-0.2, -0.15) is 0 Å². The van der Waals surface area contributed by atoms with Crippen LogP contribution in [0.5, 0.6) is 5.75 Å². The van der Waals surface area contributed by atoms with E-state index in [1.165, 1.54) is 0 Å². The molecule has 2 amide bonds. The summed E-state index contributed by atoms with van der Waals surface area (Å²) >= 11 is 0. The molecule has 0 aliphatic carbocycles. The Balaban J connectivity index is 1.53. The van der Waals surface area contributed by atoms with Crippen LogP contribution >= 0.6 is 0 Å². The molecule has 1 N–H and O–H groups in total. The van der Waals surface area contributed by atoms with Crippen LogP contribution in [0.1, 0.15) is 47.1 Å². The predicted molar refractivity (Wildman–Crippen MR) is 106 cm³/mol. The largest absolute Gasteiger partial charge is 0.489 e. The van der Waals surface area contributed by atoms with E-state index in [-0.39, 0.29) is 18.0 Å². The summed E-state index contributed by atoms with van der Waals surface area (Å²) in [6.45, 7) is 7.34. The summed E-state index contributed by atoms with van der Waals surface area (Å²) in [7, 11) is 0.